The first-order valence-electron chi connectivity index (χ1n) is 8.81. The molecule has 3 aromatic rings. The summed E-state index contributed by atoms with van der Waals surface area (Å²) in [5.74, 6) is 0.184. The lowest BCUT2D eigenvalue weighted by atomic mass is 9.97. The van der Waals surface area contributed by atoms with Gasteiger partial charge in [0.15, 0.2) is 6.61 Å². The number of amides is 1. The van der Waals surface area contributed by atoms with Crippen LogP contribution in [0.3, 0.4) is 0 Å². The maximum absolute atomic E-state index is 13.1. The van der Waals surface area contributed by atoms with Crippen LogP contribution in [0, 0.1) is 5.82 Å². The van der Waals surface area contributed by atoms with Gasteiger partial charge < -0.3 is 9.64 Å². The molecule has 4 nitrogen and oxygen atoms in total. The van der Waals surface area contributed by atoms with Crippen molar-refractivity contribution in [1.82, 2.24) is 9.88 Å². The van der Waals surface area contributed by atoms with Gasteiger partial charge in [-0.2, -0.15) is 0 Å². The van der Waals surface area contributed by atoms with Gasteiger partial charge in [0.1, 0.15) is 11.6 Å². The van der Waals surface area contributed by atoms with Crippen molar-refractivity contribution >= 4 is 39.1 Å². The number of hydrogen-bond acceptors (Lipinski definition) is 4. The number of ether oxygens (including phenoxy) is 1. The van der Waals surface area contributed by atoms with E-state index in [0.29, 0.717) is 24.8 Å². The van der Waals surface area contributed by atoms with Crippen molar-refractivity contribution in [3.05, 3.63) is 58.3 Å². The Morgan fingerprint density at radius 2 is 2.04 bits per heavy atom. The Labute approximate surface area is 165 Å². The van der Waals surface area contributed by atoms with Crippen LogP contribution in [0.15, 0.2) is 42.5 Å². The molecule has 27 heavy (non-hydrogen) atoms. The SMILES string of the molecule is O=C(COc1ccc(F)cc1Cl)N1CCC(c2nc3ccccc3s2)CC1. The summed E-state index contributed by atoms with van der Waals surface area (Å²) in [4.78, 5) is 19.0. The monoisotopic (exact) mass is 404 g/mol. The number of thiazole rings is 1. The third-order valence-electron chi connectivity index (χ3n) is 4.75. The fraction of sp³-hybridized carbons (Fsp3) is 0.300. The van der Waals surface area contributed by atoms with E-state index in [4.69, 9.17) is 21.3 Å². The molecule has 4 rings (SSSR count). The highest BCUT2D eigenvalue weighted by Crippen LogP contribution is 2.34. The quantitative estimate of drug-likeness (QED) is 0.622. The minimum absolute atomic E-state index is 0.0851. The number of piperidine rings is 1. The Balaban J connectivity index is 1.32. The number of carbonyl (C=O) groups is 1. The number of rotatable bonds is 4. The molecule has 1 amide bonds. The van der Waals surface area contributed by atoms with Gasteiger partial charge in [0.25, 0.3) is 5.91 Å². The minimum Gasteiger partial charge on any atom is -0.482 e. The van der Waals surface area contributed by atoms with Gasteiger partial charge in [0, 0.05) is 19.0 Å². The van der Waals surface area contributed by atoms with E-state index in [1.165, 1.54) is 22.9 Å². The maximum atomic E-state index is 13.1. The predicted octanol–water partition coefficient (Wildman–Crippen LogP) is 4.87. The highest BCUT2D eigenvalue weighted by molar-refractivity contribution is 7.18. The van der Waals surface area contributed by atoms with Gasteiger partial charge in [-0.3, -0.25) is 4.79 Å². The standard InChI is InChI=1S/C20H18ClFN2O2S/c21-15-11-14(22)5-6-17(15)26-12-19(25)24-9-7-13(8-10-24)20-23-16-3-1-2-4-18(16)27-20/h1-6,11,13H,7-10,12H2. The van der Waals surface area contributed by atoms with E-state index < -0.39 is 5.82 Å². The largest absolute Gasteiger partial charge is 0.482 e. The molecule has 0 radical (unpaired) electrons. The van der Waals surface area contributed by atoms with E-state index in [-0.39, 0.29) is 17.5 Å². The molecule has 0 atom stereocenters. The van der Waals surface area contributed by atoms with Crippen molar-refractivity contribution in [3.63, 3.8) is 0 Å². The first kappa shape index (κ1) is 18.2. The number of likely N-dealkylation sites (tertiary alicyclic amines) is 1. The first-order chi connectivity index (χ1) is 13.1. The molecule has 1 aromatic heterocycles. The van der Waals surface area contributed by atoms with Crippen molar-refractivity contribution in [3.8, 4) is 5.75 Å². The molecule has 2 heterocycles. The number of fused-ring (bicyclic) bond motifs is 1. The molecule has 140 valence electrons. The summed E-state index contributed by atoms with van der Waals surface area (Å²) >= 11 is 7.66. The molecular weight excluding hydrogens is 387 g/mol. The van der Waals surface area contributed by atoms with E-state index in [2.05, 4.69) is 6.07 Å². The second-order valence-corrected chi connectivity index (χ2v) is 8.01. The third-order valence-corrected chi connectivity index (χ3v) is 6.25. The number of para-hydroxylation sites is 1. The van der Waals surface area contributed by atoms with Crippen LogP contribution in [0.25, 0.3) is 10.2 Å². The lowest BCUT2D eigenvalue weighted by molar-refractivity contribution is -0.134. The van der Waals surface area contributed by atoms with E-state index >= 15 is 0 Å². The van der Waals surface area contributed by atoms with Gasteiger partial charge in [-0.1, -0.05) is 23.7 Å². The number of carbonyl (C=O) groups excluding carboxylic acids is 1. The number of hydrogen-bond donors (Lipinski definition) is 0. The van der Waals surface area contributed by atoms with Crippen LogP contribution in [0.5, 0.6) is 5.75 Å². The third kappa shape index (κ3) is 4.06. The molecule has 0 bridgehead atoms. The Hall–Kier alpha value is -2.18. The lowest BCUT2D eigenvalue weighted by Crippen LogP contribution is -2.40. The van der Waals surface area contributed by atoms with Crippen LogP contribution in [0.2, 0.25) is 5.02 Å². The van der Waals surface area contributed by atoms with Gasteiger partial charge in [0.2, 0.25) is 0 Å². The number of halogens is 2. The second kappa shape index (κ2) is 7.82. The normalized spacial score (nSPS) is 15.3. The van der Waals surface area contributed by atoms with E-state index in [0.717, 1.165) is 23.4 Å². The number of nitrogens with zero attached hydrogens (tertiary/aromatic N) is 2. The summed E-state index contributed by atoms with van der Waals surface area (Å²) in [6.07, 6.45) is 1.78. The van der Waals surface area contributed by atoms with Crippen molar-refractivity contribution in [2.45, 2.75) is 18.8 Å². The molecular formula is C20H18ClFN2O2S. The Kier molecular flexibility index (Phi) is 5.27. The Morgan fingerprint density at radius 3 is 2.78 bits per heavy atom. The van der Waals surface area contributed by atoms with E-state index in [1.54, 1.807) is 16.2 Å². The molecule has 1 saturated heterocycles. The van der Waals surface area contributed by atoms with Gasteiger partial charge in [-0.15, -0.1) is 11.3 Å². The summed E-state index contributed by atoms with van der Waals surface area (Å²) in [7, 11) is 0. The molecule has 1 fully saturated rings. The predicted molar refractivity (Wildman–Crippen MR) is 105 cm³/mol. The smallest absolute Gasteiger partial charge is 0.260 e. The van der Waals surface area contributed by atoms with Crippen molar-refractivity contribution < 1.29 is 13.9 Å². The van der Waals surface area contributed by atoms with Crippen molar-refractivity contribution in [1.29, 1.82) is 0 Å². The summed E-state index contributed by atoms with van der Waals surface area (Å²) < 4.78 is 19.7. The molecule has 0 N–H and O–H groups in total. The molecule has 0 unspecified atom stereocenters. The molecule has 2 aromatic carbocycles. The zero-order chi connectivity index (χ0) is 18.8. The van der Waals surface area contributed by atoms with Crippen LogP contribution in [-0.2, 0) is 4.79 Å². The molecule has 7 heteroatoms. The summed E-state index contributed by atoms with van der Waals surface area (Å²) in [6, 6.07) is 12.0. The molecule has 0 aliphatic carbocycles. The molecule has 0 spiro atoms. The van der Waals surface area contributed by atoms with Crippen LogP contribution in [0.4, 0.5) is 4.39 Å². The number of benzene rings is 2. The average molecular weight is 405 g/mol. The summed E-state index contributed by atoms with van der Waals surface area (Å²) in [6.45, 7) is 1.26. The Morgan fingerprint density at radius 1 is 1.26 bits per heavy atom. The molecule has 1 aliphatic heterocycles. The van der Waals surface area contributed by atoms with Gasteiger partial charge in [0.05, 0.1) is 20.2 Å². The zero-order valence-corrected chi connectivity index (χ0v) is 16.1. The van der Waals surface area contributed by atoms with Crippen LogP contribution < -0.4 is 4.74 Å². The zero-order valence-electron chi connectivity index (χ0n) is 14.5. The van der Waals surface area contributed by atoms with Crippen LogP contribution in [-0.4, -0.2) is 35.5 Å². The highest BCUT2D eigenvalue weighted by atomic mass is 35.5. The molecule has 0 saturated carbocycles. The first-order valence-corrected chi connectivity index (χ1v) is 10.0. The van der Waals surface area contributed by atoms with E-state index in [9.17, 15) is 9.18 Å². The van der Waals surface area contributed by atoms with E-state index in [1.807, 2.05) is 18.2 Å². The van der Waals surface area contributed by atoms with Crippen molar-refractivity contribution in [2.24, 2.45) is 0 Å². The maximum Gasteiger partial charge on any atom is 0.260 e. The van der Waals surface area contributed by atoms with Crippen LogP contribution in [0.1, 0.15) is 23.8 Å². The molecule has 1 aliphatic rings. The fourth-order valence-electron chi connectivity index (χ4n) is 3.26. The van der Waals surface area contributed by atoms with Gasteiger partial charge in [-0.05, 0) is 43.2 Å². The minimum atomic E-state index is -0.435. The topological polar surface area (TPSA) is 42.4 Å². The van der Waals surface area contributed by atoms with Gasteiger partial charge in [-0.25, -0.2) is 9.37 Å². The Bertz CT molecular complexity index is 937. The van der Waals surface area contributed by atoms with Crippen molar-refractivity contribution in [2.75, 3.05) is 19.7 Å². The lowest BCUT2D eigenvalue weighted by Gasteiger charge is -2.31. The fourth-order valence-corrected chi connectivity index (χ4v) is 4.62. The van der Waals surface area contributed by atoms with Gasteiger partial charge >= 0.3 is 0 Å². The second-order valence-electron chi connectivity index (χ2n) is 6.54. The van der Waals surface area contributed by atoms with Crippen LogP contribution >= 0.6 is 22.9 Å². The highest BCUT2D eigenvalue weighted by Gasteiger charge is 2.26. The number of aromatic nitrogens is 1. The average Bonchev–Trinajstić information content (AvgIpc) is 3.11. The summed E-state index contributed by atoms with van der Waals surface area (Å²) in [5, 5.41) is 1.31. The summed E-state index contributed by atoms with van der Waals surface area (Å²) in [5.41, 5.74) is 1.04.